The molecule has 0 aliphatic heterocycles. The van der Waals surface area contributed by atoms with Crippen molar-refractivity contribution in [2.75, 3.05) is 7.11 Å². The van der Waals surface area contributed by atoms with Crippen molar-refractivity contribution in [2.45, 2.75) is 45.0 Å². The second kappa shape index (κ2) is 3.15. The Bertz CT molecular complexity index is 181. The van der Waals surface area contributed by atoms with Crippen LogP contribution >= 0.6 is 0 Å². The minimum Gasteiger partial charge on any atom is -0.371 e. The molecule has 0 aromatic rings. The first-order valence-electron chi connectivity index (χ1n) is 4.17. The summed E-state index contributed by atoms with van der Waals surface area (Å²) < 4.78 is 10.6. The van der Waals surface area contributed by atoms with Gasteiger partial charge >= 0.3 is 0 Å². The van der Waals surface area contributed by atoms with Crippen LogP contribution in [0.25, 0.3) is 0 Å². The molecule has 70 valence electrons. The van der Waals surface area contributed by atoms with E-state index in [-0.39, 0.29) is 23.6 Å². The highest BCUT2D eigenvalue weighted by molar-refractivity contribution is 5.90. The van der Waals surface area contributed by atoms with Crippen molar-refractivity contribution in [1.82, 2.24) is 0 Å². The second-order valence-electron chi connectivity index (χ2n) is 4.10. The summed E-state index contributed by atoms with van der Waals surface area (Å²) in [6, 6.07) is 0. The van der Waals surface area contributed by atoms with Gasteiger partial charge in [0.05, 0.1) is 11.7 Å². The van der Waals surface area contributed by atoms with Crippen LogP contribution in [0.4, 0.5) is 0 Å². The molecule has 1 saturated carbocycles. The maximum Gasteiger partial charge on any atom is 0.166 e. The van der Waals surface area contributed by atoms with E-state index in [9.17, 15) is 4.79 Å². The number of methoxy groups -OCH3 is 1. The van der Waals surface area contributed by atoms with Crippen LogP contribution < -0.4 is 0 Å². The van der Waals surface area contributed by atoms with Gasteiger partial charge in [0.15, 0.2) is 5.78 Å². The van der Waals surface area contributed by atoms with Gasteiger partial charge in [-0.3, -0.25) is 4.79 Å². The van der Waals surface area contributed by atoms with E-state index in [0.29, 0.717) is 6.42 Å². The van der Waals surface area contributed by atoms with E-state index in [4.69, 9.17) is 9.47 Å². The SMILES string of the molecule is CO[C@H]1C(=O)C[C@@H]1OC(C)(C)C. The molecule has 0 radical (unpaired) electrons. The molecule has 0 spiro atoms. The van der Waals surface area contributed by atoms with Crippen LogP contribution in [-0.4, -0.2) is 30.7 Å². The van der Waals surface area contributed by atoms with E-state index >= 15 is 0 Å². The van der Waals surface area contributed by atoms with Crippen LogP contribution in [0, 0.1) is 0 Å². The molecule has 3 heteroatoms. The summed E-state index contributed by atoms with van der Waals surface area (Å²) in [6.07, 6.45) is 0.127. The third-order valence-electron chi connectivity index (χ3n) is 1.82. The minimum absolute atomic E-state index is 0.0394. The number of hydrogen-bond donors (Lipinski definition) is 0. The zero-order valence-corrected chi connectivity index (χ0v) is 8.09. The zero-order valence-electron chi connectivity index (χ0n) is 8.09. The lowest BCUT2D eigenvalue weighted by molar-refractivity contribution is -0.178. The highest BCUT2D eigenvalue weighted by Crippen LogP contribution is 2.26. The average molecular weight is 172 g/mol. The van der Waals surface area contributed by atoms with Crippen molar-refractivity contribution in [3.8, 4) is 0 Å². The molecule has 1 aliphatic rings. The van der Waals surface area contributed by atoms with E-state index in [0.717, 1.165) is 0 Å². The number of ketones is 1. The molecule has 0 amide bonds. The fourth-order valence-electron chi connectivity index (χ4n) is 1.31. The monoisotopic (exact) mass is 172 g/mol. The van der Waals surface area contributed by atoms with Crippen LogP contribution in [0.15, 0.2) is 0 Å². The van der Waals surface area contributed by atoms with E-state index in [1.165, 1.54) is 0 Å². The molecule has 2 atom stereocenters. The van der Waals surface area contributed by atoms with E-state index in [1.807, 2.05) is 20.8 Å². The molecule has 3 nitrogen and oxygen atoms in total. The molecule has 1 fully saturated rings. The second-order valence-corrected chi connectivity index (χ2v) is 4.10. The van der Waals surface area contributed by atoms with E-state index in [2.05, 4.69) is 0 Å². The number of Topliss-reactive ketones (excluding diaryl/α,β-unsaturated/α-hetero) is 1. The highest BCUT2D eigenvalue weighted by Gasteiger charge is 2.42. The Morgan fingerprint density at radius 2 is 2.00 bits per heavy atom. The predicted molar refractivity (Wildman–Crippen MR) is 45.0 cm³/mol. The molecule has 0 N–H and O–H groups in total. The lowest BCUT2D eigenvalue weighted by atomic mass is 9.89. The molecule has 0 heterocycles. The van der Waals surface area contributed by atoms with Crippen LogP contribution in [-0.2, 0) is 14.3 Å². The smallest absolute Gasteiger partial charge is 0.166 e. The molecule has 0 aromatic carbocycles. The van der Waals surface area contributed by atoms with Crippen LogP contribution in [0.2, 0.25) is 0 Å². The Balaban J connectivity index is 2.41. The molecule has 12 heavy (non-hydrogen) atoms. The van der Waals surface area contributed by atoms with Gasteiger partial charge in [0, 0.05) is 13.5 Å². The van der Waals surface area contributed by atoms with Crippen molar-refractivity contribution in [2.24, 2.45) is 0 Å². The third kappa shape index (κ3) is 2.05. The van der Waals surface area contributed by atoms with Crippen molar-refractivity contribution in [1.29, 1.82) is 0 Å². The largest absolute Gasteiger partial charge is 0.371 e. The topological polar surface area (TPSA) is 35.5 Å². The third-order valence-corrected chi connectivity index (χ3v) is 1.82. The fraction of sp³-hybridized carbons (Fsp3) is 0.889. The van der Waals surface area contributed by atoms with E-state index in [1.54, 1.807) is 7.11 Å². The quantitative estimate of drug-likeness (QED) is 0.627. The van der Waals surface area contributed by atoms with Crippen LogP contribution in [0.3, 0.4) is 0 Å². The van der Waals surface area contributed by atoms with Crippen LogP contribution in [0.5, 0.6) is 0 Å². The molecule has 1 rings (SSSR count). The first kappa shape index (κ1) is 9.68. The number of hydrogen-bond acceptors (Lipinski definition) is 3. The van der Waals surface area contributed by atoms with Crippen molar-refractivity contribution < 1.29 is 14.3 Å². The molecule has 0 saturated heterocycles. The Morgan fingerprint density at radius 3 is 2.33 bits per heavy atom. The Kier molecular flexibility index (Phi) is 2.54. The van der Waals surface area contributed by atoms with Gasteiger partial charge in [-0.15, -0.1) is 0 Å². The fourth-order valence-corrected chi connectivity index (χ4v) is 1.31. The Labute approximate surface area is 73.0 Å². The van der Waals surface area contributed by atoms with Gasteiger partial charge in [-0.05, 0) is 20.8 Å². The predicted octanol–water partition coefficient (Wildman–Crippen LogP) is 1.16. The molecular formula is C9H16O3. The minimum atomic E-state index is -0.329. The van der Waals surface area contributed by atoms with Crippen LogP contribution in [0.1, 0.15) is 27.2 Å². The highest BCUT2D eigenvalue weighted by atomic mass is 16.6. The number of ether oxygens (including phenoxy) is 2. The van der Waals surface area contributed by atoms with Crippen molar-refractivity contribution in [3.05, 3.63) is 0 Å². The molecule has 0 aromatic heterocycles. The first-order chi connectivity index (χ1) is 5.44. The molecule has 0 unspecified atom stereocenters. The average Bonchev–Trinajstić information content (AvgIpc) is 1.84. The molecular weight excluding hydrogens is 156 g/mol. The number of carbonyl (C=O) groups is 1. The molecule has 1 aliphatic carbocycles. The Hall–Kier alpha value is -0.410. The zero-order chi connectivity index (χ0) is 9.35. The van der Waals surface area contributed by atoms with Gasteiger partial charge in [0.2, 0.25) is 0 Å². The van der Waals surface area contributed by atoms with Crippen molar-refractivity contribution in [3.63, 3.8) is 0 Å². The Morgan fingerprint density at radius 1 is 1.42 bits per heavy atom. The normalized spacial score (nSPS) is 30.2. The standard InChI is InChI=1S/C9H16O3/c1-9(2,3)12-7-5-6(10)8(7)11-4/h7-8H,5H2,1-4H3/t7-,8-/m0/s1. The summed E-state index contributed by atoms with van der Waals surface area (Å²) in [5.41, 5.74) is -0.192. The maximum absolute atomic E-state index is 11.0. The summed E-state index contributed by atoms with van der Waals surface area (Å²) in [6.45, 7) is 5.92. The summed E-state index contributed by atoms with van der Waals surface area (Å²) in [5, 5.41) is 0. The lowest BCUT2D eigenvalue weighted by Crippen LogP contribution is -2.52. The van der Waals surface area contributed by atoms with Gasteiger partial charge in [0.25, 0.3) is 0 Å². The van der Waals surface area contributed by atoms with Gasteiger partial charge < -0.3 is 9.47 Å². The number of carbonyl (C=O) groups excluding carboxylic acids is 1. The van der Waals surface area contributed by atoms with E-state index < -0.39 is 0 Å². The lowest BCUT2D eigenvalue weighted by Gasteiger charge is -2.37. The van der Waals surface area contributed by atoms with Gasteiger partial charge in [-0.25, -0.2) is 0 Å². The molecule has 0 bridgehead atoms. The first-order valence-corrected chi connectivity index (χ1v) is 4.17. The number of rotatable bonds is 2. The summed E-state index contributed by atoms with van der Waals surface area (Å²) in [4.78, 5) is 11.0. The summed E-state index contributed by atoms with van der Waals surface area (Å²) >= 11 is 0. The summed E-state index contributed by atoms with van der Waals surface area (Å²) in [7, 11) is 1.54. The van der Waals surface area contributed by atoms with Crippen molar-refractivity contribution >= 4 is 5.78 Å². The van der Waals surface area contributed by atoms with Gasteiger partial charge in [-0.1, -0.05) is 0 Å². The van der Waals surface area contributed by atoms with Gasteiger partial charge in [-0.2, -0.15) is 0 Å². The summed E-state index contributed by atoms with van der Waals surface area (Å²) in [5.74, 6) is 0.145. The van der Waals surface area contributed by atoms with Gasteiger partial charge in [0.1, 0.15) is 6.10 Å². The maximum atomic E-state index is 11.0.